The van der Waals surface area contributed by atoms with Crippen LogP contribution in [0.5, 0.6) is 0 Å². The van der Waals surface area contributed by atoms with Gasteiger partial charge in [0.25, 0.3) is 0 Å². The number of ether oxygens (including phenoxy) is 1. The number of rotatable bonds is 7. The monoisotopic (exact) mass is 254 g/mol. The second-order valence-electron chi connectivity index (χ2n) is 5.61. The van der Waals surface area contributed by atoms with E-state index in [-0.39, 0.29) is 5.91 Å². The van der Waals surface area contributed by atoms with Gasteiger partial charge in [-0.05, 0) is 51.5 Å². The summed E-state index contributed by atoms with van der Waals surface area (Å²) in [6.07, 6.45) is 9.15. The molecule has 2 fully saturated rings. The van der Waals surface area contributed by atoms with Gasteiger partial charge < -0.3 is 15.4 Å². The lowest BCUT2D eigenvalue weighted by Crippen LogP contribution is -2.36. The first-order chi connectivity index (χ1) is 8.78. The second kappa shape index (κ2) is 7.10. The van der Waals surface area contributed by atoms with E-state index in [4.69, 9.17) is 4.74 Å². The fourth-order valence-corrected chi connectivity index (χ4v) is 2.59. The highest BCUT2D eigenvalue weighted by Crippen LogP contribution is 2.20. The minimum absolute atomic E-state index is 0.224. The van der Waals surface area contributed by atoms with Gasteiger partial charge in [-0.2, -0.15) is 0 Å². The lowest BCUT2D eigenvalue weighted by atomic mass is 9.93. The van der Waals surface area contributed by atoms with Crippen LogP contribution in [0.3, 0.4) is 0 Å². The Hall–Kier alpha value is -0.610. The van der Waals surface area contributed by atoms with Crippen molar-refractivity contribution in [2.24, 2.45) is 0 Å². The summed E-state index contributed by atoms with van der Waals surface area (Å²) in [7, 11) is 1.80. The molecular formula is C14H26N2O2. The minimum Gasteiger partial charge on any atom is -0.381 e. The molecule has 0 aromatic carbocycles. The summed E-state index contributed by atoms with van der Waals surface area (Å²) in [6, 6.07) is 1.12. The molecular weight excluding hydrogens is 228 g/mol. The van der Waals surface area contributed by atoms with E-state index in [0.717, 1.165) is 25.8 Å². The third-order valence-corrected chi connectivity index (χ3v) is 3.96. The maximum atomic E-state index is 11.5. The van der Waals surface area contributed by atoms with Crippen molar-refractivity contribution in [2.75, 3.05) is 13.7 Å². The van der Waals surface area contributed by atoms with Crippen LogP contribution in [0.1, 0.15) is 51.4 Å². The van der Waals surface area contributed by atoms with E-state index in [2.05, 4.69) is 10.6 Å². The molecule has 0 heterocycles. The molecule has 2 aliphatic carbocycles. The van der Waals surface area contributed by atoms with Crippen LogP contribution in [0.25, 0.3) is 0 Å². The second-order valence-corrected chi connectivity index (χ2v) is 5.61. The third-order valence-electron chi connectivity index (χ3n) is 3.96. The number of carbonyl (C=O) groups excluding carboxylic acids is 1. The van der Waals surface area contributed by atoms with Gasteiger partial charge in [0.1, 0.15) is 0 Å². The Balaban J connectivity index is 1.46. The Bertz CT molecular complexity index is 259. The molecule has 0 atom stereocenters. The molecule has 0 spiro atoms. The highest BCUT2D eigenvalue weighted by molar-refractivity contribution is 5.76. The van der Waals surface area contributed by atoms with E-state index in [1.54, 1.807) is 7.11 Å². The first-order valence-electron chi connectivity index (χ1n) is 7.33. The van der Waals surface area contributed by atoms with E-state index >= 15 is 0 Å². The number of methoxy groups -OCH3 is 1. The molecule has 0 aromatic heterocycles. The van der Waals surface area contributed by atoms with Gasteiger partial charge in [0.05, 0.1) is 6.10 Å². The van der Waals surface area contributed by atoms with Crippen molar-refractivity contribution in [2.45, 2.75) is 69.6 Å². The van der Waals surface area contributed by atoms with E-state index in [0.29, 0.717) is 24.6 Å². The van der Waals surface area contributed by atoms with Gasteiger partial charge in [-0.15, -0.1) is 0 Å². The third kappa shape index (κ3) is 4.94. The molecule has 104 valence electrons. The predicted octanol–water partition coefficient (Wildman–Crippen LogP) is 1.59. The average Bonchev–Trinajstić information content (AvgIpc) is 3.19. The quantitative estimate of drug-likeness (QED) is 0.678. The molecule has 0 bridgehead atoms. The van der Waals surface area contributed by atoms with Gasteiger partial charge in [-0.25, -0.2) is 0 Å². The number of hydrogen-bond donors (Lipinski definition) is 2. The van der Waals surface area contributed by atoms with Crippen LogP contribution < -0.4 is 10.6 Å². The first kappa shape index (κ1) is 13.8. The Kier molecular flexibility index (Phi) is 5.45. The summed E-state index contributed by atoms with van der Waals surface area (Å²) in [5.41, 5.74) is 0. The summed E-state index contributed by atoms with van der Waals surface area (Å²) >= 11 is 0. The highest BCUT2D eigenvalue weighted by atomic mass is 16.5. The maximum Gasteiger partial charge on any atom is 0.220 e. The lowest BCUT2D eigenvalue weighted by molar-refractivity contribution is -0.121. The highest BCUT2D eigenvalue weighted by Gasteiger charge is 2.23. The van der Waals surface area contributed by atoms with E-state index in [1.807, 2.05) is 0 Å². The molecule has 0 radical (unpaired) electrons. The van der Waals surface area contributed by atoms with Crippen LogP contribution in [-0.2, 0) is 9.53 Å². The van der Waals surface area contributed by atoms with Gasteiger partial charge >= 0.3 is 0 Å². The molecule has 2 aliphatic rings. The molecule has 4 nitrogen and oxygen atoms in total. The van der Waals surface area contributed by atoms with Crippen LogP contribution in [0.2, 0.25) is 0 Å². The van der Waals surface area contributed by atoms with Gasteiger partial charge in [0, 0.05) is 25.6 Å². The van der Waals surface area contributed by atoms with Crippen LogP contribution >= 0.6 is 0 Å². The molecule has 1 amide bonds. The lowest BCUT2D eigenvalue weighted by Gasteiger charge is -2.28. The number of carbonyl (C=O) groups is 1. The smallest absolute Gasteiger partial charge is 0.220 e. The van der Waals surface area contributed by atoms with Crippen molar-refractivity contribution in [1.29, 1.82) is 0 Å². The van der Waals surface area contributed by atoms with Gasteiger partial charge in [-0.1, -0.05) is 0 Å². The summed E-state index contributed by atoms with van der Waals surface area (Å²) in [6.45, 7) is 0.959. The molecule has 4 heteroatoms. The summed E-state index contributed by atoms with van der Waals surface area (Å²) < 4.78 is 5.36. The van der Waals surface area contributed by atoms with Gasteiger partial charge in [0.15, 0.2) is 0 Å². The molecule has 18 heavy (non-hydrogen) atoms. The van der Waals surface area contributed by atoms with Crippen molar-refractivity contribution in [3.8, 4) is 0 Å². The fourth-order valence-electron chi connectivity index (χ4n) is 2.59. The Morgan fingerprint density at radius 1 is 1.11 bits per heavy atom. The van der Waals surface area contributed by atoms with Gasteiger partial charge in [0.2, 0.25) is 5.91 Å². The summed E-state index contributed by atoms with van der Waals surface area (Å²) in [4.78, 5) is 11.5. The van der Waals surface area contributed by atoms with Gasteiger partial charge in [-0.3, -0.25) is 4.79 Å². The zero-order valence-corrected chi connectivity index (χ0v) is 11.4. The summed E-state index contributed by atoms with van der Waals surface area (Å²) in [5.74, 6) is 0.224. The van der Waals surface area contributed by atoms with E-state index in [1.165, 1.54) is 25.7 Å². The molecule has 0 unspecified atom stereocenters. The normalized spacial score (nSPS) is 28.1. The first-order valence-corrected chi connectivity index (χ1v) is 7.33. The predicted molar refractivity (Wildman–Crippen MR) is 71.5 cm³/mol. The van der Waals surface area contributed by atoms with Crippen molar-refractivity contribution < 1.29 is 9.53 Å². The molecule has 0 aromatic rings. The molecule has 2 saturated carbocycles. The van der Waals surface area contributed by atoms with E-state index in [9.17, 15) is 4.79 Å². The number of nitrogens with one attached hydrogen (secondary N) is 2. The molecule has 2 N–H and O–H groups in total. The van der Waals surface area contributed by atoms with Crippen LogP contribution in [-0.4, -0.2) is 37.7 Å². The Morgan fingerprint density at radius 2 is 1.78 bits per heavy atom. The van der Waals surface area contributed by atoms with Crippen molar-refractivity contribution >= 4 is 5.91 Å². The maximum absolute atomic E-state index is 11.5. The SMILES string of the molecule is COC1CCC(NCCCC(=O)NC2CC2)CC1. The van der Waals surface area contributed by atoms with Crippen LogP contribution in [0, 0.1) is 0 Å². The number of hydrogen-bond acceptors (Lipinski definition) is 3. The minimum atomic E-state index is 0.224. The average molecular weight is 254 g/mol. The van der Waals surface area contributed by atoms with Crippen molar-refractivity contribution in [3.63, 3.8) is 0 Å². The zero-order valence-electron chi connectivity index (χ0n) is 11.4. The van der Waals surface area contributed by atoms with E-state index < -0.39 is 0 Å². The van der Waals surface area contributed by atoms with Crippen LogP contribution in [0.4, 0.5) is 0 Å². The number of amides is 1. The zero-order chi connectivity index (χ0) is 12.8. The molecule has 2 rings (SSSR count). The van der Waals surface area contributed by atoms with Crippen molar-refractivity contribution in [1.82, 2.24) is 10.6 Å². The topological polar surface area (TPSA) is 50.4 Å². The Labute approximate surface area is 110 Å². The standard InChI is InChI=1S/C14H26N2O2/c1-18-13-8-6-11(7-9-13)15-10-2-3-14(17)16-12-4-5-12/h11-13,15H,2-10H2,1H3,(H,16,17). The molecule has 0 aliphatic heterocycles. The molecule has 0 saturated heterocycles. The largest absolute Gasteiger partial charge is 0.381 e. The van der Waals surface area contributed by atoms with Crippen LogP contribution in [0.15, 0.2) is 0 Å². The van der Waals surface area contributed by atoms with Crippen molar-refractivity contribution in [3.05, 3.63) is 0 Å². The Morgan fingerprint density at radius 3 is 2.39 bits per heavy atom. The summed E-state index contributed by atoms with van der Waals surface area (Å²) in [5, 5.41) is 6.58. The fraction of sp³-hybridized carbons (Fsp3) is 0.929.